The number of sulfonamides is 1. The average molecular weight is 289 g/mol. The number of carbonyl (C=O) groups is 1. The smallest absolute Gasteiger partial charge is 0.328 e. The van der Waals surface area contributed by atoms with E-state index in [-0.39, 0.29) is 10.6 Å². The van der Waals surface area contributed by atoms with Crippen molar-refractivity contribution in [1.82, 2.24) is 10.0 Å². The molecule has 106 valence electrons. The van der Waals surface area contributed by atoms with E-state index in [0.29, 0.717) is 6.54 Å². The first-order valence-electron chi connectivity index (χ1n) is 5.72. The number of rotatable bonds is 5. The molecule has 0 atom stereocenters. The molecule has 6 nitrogen and oxygen atoms in total. The van der Waals surface area contributed by atoms with Crippen molar-refractivity contribution in [2.45, 2.75) is 24.7 Å². The van der Waals surface area contributed by atoms with Crippen LogP contribution in [0.4, 0.5) is 14.9 Å². The zero-order chi connectivity index (χ0) is 14.5. The largest absolute Gasteiger partial charge is 0.396 e. The van der Waals surface area contributed by atoms with Crippen LogP contribution >= 0.6 is 0 Å². The molecule has 1 aromatic carbocycles. The van der Waals surface area contributed by atoms with Crippen LogP contribution in [0.2, 0.25) is 0 Å². The molecule has 19 heavy (non-hydrogen) atoms. The van der Waals surface area contributed by atoms with Gasteiger partial charge in [-0.25, -0.2) is 22.3 Å². The van der Waals surface area contributed by atoms with Crippen LogP contribution in [-0.4, -0.2) is 21.0 Å². The third kappa shape index (κ3) is 4.40. The first kappa shape index (κ1) is 15.2. The Bertz CT molecular complexity index is 560. The van der Waals surface area contributed by atoms with Crippen molar-refractivity contribution in [3.05, 3.63) is 24.0 Å². The summed E-state index contributed by atoms with van der Waals surface area (Å²) in [6, 6.07) is 2.10. The number of amides is 2. The number of nitrogens with one attached hydrogen (secondary N) is 2. The van der Waals surface area contributed by atoms with Crippen molar-refractivity contribution in [2.75, 3.05) is 12.3 Å². The molecule has 0 saturated carbocycles. The van der Waals surface area contributed by atoms with Gasteiger partial charge in [0.1, 0.15) is 5.82 Å². The Labute approximate surface area is 111 Å². The second-order valence-electron chi connectivity index (χ2n) is 3.90. The van der Waals surface area contributed by atoms with Crippen molar-refractivity contribution in [2.24, 2.45) is 0 Å². The molecule has 1 aromatic rings. The number of hydrogen-bond acceptors (Lipinski definition) is 4. The Morgan fingerprint density at radius 3 is 2.68 bits per heavy atom. The minimum absolute atomic E-state index is 0.267. The molecule has 0 aromatic heterocycles. The first-order chi connectivity index (χ1) is 8.86. The molecule has 0 aliphatic heterocycles. The van der Waals surface area contributed by atoms with Gasteiger partial charge >= 0.3 is 6.03 Å². The molecule has 4 N–H and O–H groups in total. The van der Waals surface area contributed by atoms with E-state index in [1.54, 1.807) is 0 Å². The molecule has 0 radical (unpaired) electrons. The van der Waals surface area contributed by atoms with Gasteiger partial charge in [0.05, 0.1) is 10.6 Å². The summed E-state index contributed by atoms with van der Waals surface area (Å²) in [5.41, 5.74) is 4.98. The average Bonchev–Trinajstić information content (AvgIpc) is 2.32. The normalized spacial score (nSPS) is 11.1. The predicted molar refractivity (Wildman–Crippen MR) is 69.4 cm³/mol. The van der Waals surface area contributed by atoms with Gasteiger partial charge in [-0.1, -0.05) is 13.3 Å². The zero-order valence-corrected chi connectivity index (χ0v) is 11.3. The monoisotopic (exact) mass is 289 g/mol. The van der Waals surface area contributed by atoms with E-state index in [2.05, 4.69) is 5.32 Å². The molecule has 8 heteroatoms. The lowest BCUT2D eigenvalue weighted by atomic mass is 10.3. The van der Waals surface area contributed by atoms with Crippen LogP contribution in [0.1, 0.15) is 19.8 Å². The zero-order valence-electron chi connectivity index (χ0n) is 10.4. The Morgan fingerprint density at radius 2 is 2.11 bits per heavy atom. The predicted octanol–water partition coefficient (Wildman–Crippen LogP) is 1.20. The Balaban J connectivity index is 2.75. The highest BCUT2D eigenvalue weighted by molar-refractivity contribution is 7.90. The van der Waals surface area contributed by atoms with Gasteiger partial charge in [0, 0.05) is 6.54 Å². The summed E-state index contributed by atoms with van der Waals surface area (Å²) in [6.45, 7) is 2.32. The Hall–Kier alpha value is -1.83. The van der Waals surface area contributed by atoms with Crippen LogP contribution in [0.25, 0.3) is 0 Å². The minimum Gasteiger partial charge on any atom is -0.396 e. The van der Waals surface area contributed by atoms with Gasteiger partial charge < -0.3 is 11.1 Å². The van der Waals surface area contributed by atoms with Crippen LogP contribution in [0.3, 0.4) is 0 Å². The summed E-state index contributed by atoms with van der Waals surface area (Å²) in [4.78, 5) is 11.1. The van der Waals surface area contributed by atoms with E-state index in [9.17, 15) is 17.6 Å². The maximum Gasteiger partial charge on any atom is 0.328 e. The van der Waals surface area contributed by atoms with E-state index < -0.39 is 21.9 Å². The Morgan fingerprint density at radius 1 is 1.42 bits per heavy atom. The molecule has 0 unspecified atom stereocenters. The van der Waals surface area contributed by atoms with Gasteiger partial charge in [0.25, 0.3) is 10.0 Å². The summed E-state index contributed by atoms with van der Waals surface area (Å²) < 4.78 is 38.3. The molecule has 0 fully saturated rings. The van der Waals surface area contributed by atoms with Crippen LogP contribution in [0.15, 0.2) is 23.1 Å². The number of halogens is 1. The molecule has 1 rings (SSSR count). The topological polar surface area (TPSA) is 101 Å². The summed E-state index contributed by atoms with van der Waals surface area (Å²) in [6.07, 6.45) is 1.62. The van der Waals surface area contributed by atoms with E-state index >= 15 is 0 Å². The highest BCUT2D eigenvalue weighted by atomic mass is 32.2. The highest BCUT2D eigenvalue weighted by Crippen LogP contribution is 2.16. The van der Waals surface area contributed by atoms with Crippen molar-refractivity contribution in [3.63, 3.8) is 0 Å². The molecule has 0 aliphatic rings. The molecular weight excluding hydrogens is 273 g/mol. The standard InChI is InChI=1S/C11H16FN3O3S/c1-2-3-6-14-11(16)15-19(17,18)8-4-5-9(12)10(13)7-8/h4-5,7H,2-3,6,13H2,1H3,(H2,14,15,16). The fraction of sp³-hybridized carbons (Fsp3) is 0.364. The number of nitrogen functional groups attached to an aromatic ring is 1. The molecule has 0 saturated heterocycles. The van der Waals surface area contributed by atoms with Crippen molar-refractivity contribution in [3.8, 4) is 0 Å². The van der Waals surface area contributed by atoms with Crippen molar-refractivity contribution >= 4 is 21.7 Å². The van der Waals surface area contributed by atoms with Gasteiger partial charge in [0.2, 0.25) is 0 Å². The molecule has 0 aliphatic carbocycles. The summed E-state index contributed by atoms with van der Waals surface area (Å²) in [5.74, 6) is -0.716. The SMILES string of the molecule is CCCCNC(=O)NS(=O)(=O)c1ccc(F)c(N)c1. The van der Waals surface area contributed by atoms with Gasteiger partial charge in [-0.2, -0.15) is 0 Å². The number of hydrogen-bond donors (Lipinski definition) is 3. The first-order valence-corrected chi connectivity index (χ1v) is 7.21. The van der Waals surface area contributed by atoms with Crippen molar-refractivity contribution in [1.29, 1.82) is 0 Å². The number of benzene rings is 1. The quantitative estimate of drug-likeness (QED) is 0.560. The summed E-state index contributed by atoms with van der Waals surface area (Å²) in [7, 11) is -4.04. The number of carbonyl (C=O) groups excluding carboxylic acids is 1. The van der Waals surface area contributed by atoms with Gasteiger partial charge in [-0.3, -0.25) is 0 Å². The molecule has 2 amide bonds. The maximum absolute atomic E-state index is 12.9. The molecule has 0 bridgehead atoms. The summed E-state index contributed by atoms with van der Waals surface area (Å²) in [5, 5.41) is 2.40. The fourth-order valence-electron chi connectivity index (χ4n) is 1.28. The lowest BCUT2D eigenvalue weighted by molar-refractivity contribution is 0.245. The lowest BCUT2D eigenvalue weighted by Crippen LogP contribution is -2.39. The van der Waals surface area contributed by atoms with E-state index in [0.717, 1.165) is 31.0 Å². The minimum atomic E-state index is -4.04. The van der Waals surface area contributed by atoms with E-state index in [4.69, 9.17) is 5.73 Å². The van der Waals surface area contributed by atoms with Crippen LogP contribution in [0.5, 0.6) is 0 Å². The van der Waals surface area contributed by atoms with Gasteiger partial charge in [0.15, 0.2) is 0 Å². The Kier molecular flexibility index (Phi) is 5.11. The molecule has 0 spiro atoms. The summed E-state index contributed by atoms with van der Waals surface area (Å²) >= 11 is 0. The van der Waals surface area contributed by atoms with Crippen LogP contribution in [-0.2, 0) is 10.0 Å². The maximum atomic E-state index is 12.9. The third-order valence-electron chi connectivity index (χ3n) is 2.32. The van der Waals surface area contributed by atoms with Gasteiger partial charge in [-0.15, -0.1) is 0 Å². The molecule has 0 heterocycles. The number of nitrogens with two attached hydrogens (primary N) is 1. The van der Waals surface area contributed by atoms with E-state index in [1.807, 2.05) is 11.6 Å². The number of anilines is 1. The van der Waals surface area contributed by atoms with Gasteiger partial charge in [-0.05, 0) is 24.6 Å². The second kappa shape index (κ2) is 6.37. The second-order valence-corrected chi connectivity index (χ2v) is 5.58. The highest BCUT2D eigenvalue weighted by Gasteiger charge is 2.18. The molecular formula is C11H16FN3O3S. The van der Waals surface area contributed by atoms with Crippen LogP contribution in [0, 0.1) is 5.82 Å². The van der Waals surface area contributed by atoms with Crippen molar-refractivity contribution < 1.29 is 17.6 Å². The van der Waals surface area contributed by atoms with E-state index in [1.165, 1.54) is 0 Å². The number of unbranched alkanes of at least 4 members (excludes halogenated alkanes) is 1. The van der Waals surface area contributed by atoms with Crippen LogP contribution < -0.4 is 15.8 Å². The fourth-order valence-corrected chi connectivity index (χ4v) is 2.25. The third-order valence-corrected chi connectivity index (χ3v) is 3.65. The number of urea groups is 1. The lowest BCUT2D eigenvalue weighted by Gasteiger charge is -2.09.